The molecule has 0 saturated carbocycles. The van der Waals surface area contributed by atoms with Gasteiger partial charge in [-0.3, -0.25) is 4.79 Å². The van der Waals surface area contributed by atoms with Crippen molar-refractivity contribution in [2.75, 3.05) is 18.7 Å². The molecule has 0 spiro atoms. The predicted molar refractivity (Wildman–Crippen MR) is 80.8 cm³/mol. The number of hydrogen-bond acceptors (Lipinski definition) is 4. The molecule has 0 saturated heterocycles. The van der Waals surface area contributed by atoms with Crippen LogP contribution in [-0.2, 0) is 0 Å². The number of hydrogen-bond donors (Lipinski definition) is 2. The summed E-state index contributed by atoms with van der Waals surface area (Å²) < 4.78 is 4.94. The maximum Gasteiger partial charge on any atom is 0.255 e. The van der Waals surface area contributed by atoms with Gasteiger partial charge in [0, 0.05) is 16.1 Å². The van der Waals surface area contributed by atoms with E-state index in [1.54, 1.807) is 23.9 Å². The van der Waals surface area contributed by atoms with E-state index in [1.165, 1.54) is 13.2 Å². The smallest absolute Gasteiger partial charge is 0.255 e. The van der Waals surface area contributed by atoms with Gasteiger partial charge in [0.15, 0.2) is 11.5 Å². The number of ether oxygens (including phenoxy) is 1. The van der Waals surface area contributed by atoms with E-state index >= 15 is 0 Å². The lowest BCUT2D eigenvalue weighted by Gasteiger charge is -2.08. The molecule has 104 valence electrons. The van der Waals surface area contributed by atoms with Crippen molar-refractivity contribution >= 4 is 23.4 Å². The Balaban J connectivity index is 2.17. The Morgan fingerprint density at radius 1 is 1.25 bits per heavy atom. The SMILES string of the molecule is COc1ccc(C(=O)Nc2cccc(SC)c2)cc1O. The summed E-state index contributed by atoms with van der Waals surface area (Å²) in [5.74, 6) is 0.00477. The fraction of sp³-hybridized carbons (Fsp3) is 0.133. The lowest BCUT2D eigenvalue weighted by Crippen LogP contribution is -2.11. The topological polar surface area (TPSA) is 58.6 Å². The maximum atomic E-state index is 12.1. The van der Waals surface area contributed by atoms with E-state index in [1.807, 2.05) is 30.5 Å². The minimum absolute atomic E-state index is 0.0574. The van der Waals surface area contributed by atoms with E-state index in [0.717, 1.165) is 10.6 Å². The molecule has 2 aromatic rings. The molecule has 0 atom stereocenters. The van der Waals surface area contributed by atoms with Gasteiger partial charge in [-0.05, 0) is 42.7 Å². The number of methoxy groups -OCH3 is 1. The van der Waals surface area contributed by atoms with Crippen molar-refractivity contribution in [2.24, 2.45) is 0 Å². The highest BCUT2D eigenvalue weighted by Gasteiger charge is 2.10. The summed E-state index contributed by atoms with van der Waals surface area (Å²) in [6, 6.07) is 12.1. The quantitative estimate of drug-likeness (QED) is 0.847. The Hall–Kier alpha value is -2.14. The number of phenols is 1. The Morgan fingerprint density at radius 2 is 2.05 bits per heavy atom. The zero-order valence-corrected chi connectivity index (χ0v) is 12.0. The van der Waals surface area contributed by atoms with E-state index in [2.05, 4.69) is 5.32 Å². The van der Waals surface area contributed by atoms with E-state index in [0.29, 0.717) is 11.3 Å². The highest BCUT2D eigenvalue weighted by molar-refractivity contribution is 7.98. The van der Waals surface area contributed by atoms with E-state index in [4.69, 9.17) is 4.74 Å². The van der Waals surface area contributed by atoms with Gasteiger partial charge in [-0.25, -0.2) is 0 Å². The van der Waals surface area contributed by atoms with E-state index in [9.17, 15) is 9.90 Å². The molecule has 0 bridgehead atoms. The Labute approximate surface area is 121 Å². The second-order valence-electron chi connectivity index (χ2n) is 4.07. The largest absolute Gasteiger partial charge is 0.504 e. The van der Waals surface area contributed by atoms with Crippen molar-refractivity contribution in [2.45, 2.75) is 4.90 Å². The number of aromatic hydroxyl groups is 1. The number of rotatable bonds is 4. The first-order chi connectivity index (χ1) is 9.63. The fourth-order valence-corrected chi connectivity index (χ4v) is 2.19. The summed E-state index contributed by atoms with van der Waals surface area (Å²) in [6.07, 6.45) is 1.97. The van der Waals surface area contributed by atoms with Gasteiger partial charge in [0.25, 0.3) is 5.91 Å². The number of thioether (sulfide) groups is 1. The minimum Gasteiger partial charge on any atom is -0.504 e. The second-order valence-corrected chi connectivity index (χ2v) is 4.95. The van der Waals surface area contributed by atoms with Gasteiger partial charge in [0.05, 0.1) is 7.11 Å². The average molecular weight is 289 g/mol. The first-order valence-electron chi connectivity index (χ1n) is 5.96. The summed E-state index contributed by atoms with van der Waals surface area (Å²) >= 11 is 1.61. The number of carbonyl (C=O) groups excluding carboxylic acids is 1. The summed E-state index contributed by atoms with van der Waals surface area (Å²) in [7, 11) is 1.46. The van der Waals surface area contributed by atoms with Crippen molar-refractivity contribution in [3.05, 3.63) is 48.0 Å². The molecule has 5 heteroatoms. The molecule has 0 radical (unpaired) electrons. The highest BCUT2D eigenvalue weighted by atomic mass is 32.2. The van der Waals surface area contributed by atoms with Crippen LogP contribution in [0.2, 0.25) is 0 Å². The minimum atomic E-state index is -0.277. The Morgan fingerprint density at radius 3 is 2.70 bits per heavy atom. The van der Waals surface area contributed by atoms with Crippen LogP contribution < -0.4 is 10.1 Å². The summed E-state index contributed by atoms with van der Waals surface area (Å²) in [5.41, 5.74) is 1.09. The van der Waals surface area contributed by atoms with Crippen molar-refractivity contribution in [1.29, 1.82) is 0 Å². The van der Waals surface area contributed by atoms with Gasteiger partial charge >= 0.3 is 0 Å². The number of amides is 1. The van der Waals surface area contributed by atoms with Crippen LogP contribution in [0.5, 0.6) is 11.5 Å². The predicted octanol–water partition coefficient (Wildman–Crippen LogP) is 3.38. The molecular formula is C15H15NO3S. The summed E-state index contributed by atoms with van der Waals surface area (Å²) in [5, 5.41) is 12.5. The van der Waals surface area contributed by atoms with Crippen LogP contribution >= 0.6 is 11.8 Å². The number of benzene rings is 2. The Bertz CT molecular complexity index is 628. The molecule has 20 heavy (non-hydrogen) atoms. The monoisotopic (exact) mass is 289 g/mol. The molecular weight excluding hydrogens is 274 g/mol. The van der Waals surface area contributed by atoms with E-state index in [-0.39, 0.29) is 11.7 Å². The van der Waals surface area contributed by atoms with Crippen molar-refractivity contribution in [1.82, 2.24) is 0 Å². The fourth-order valence-electron chi connectivity index (χ4n) is 1.74. The standard InChI is InChI=1S/C15H15NO3S/c1-19-14-7-6-10(8-13(14)17)15(18)16-11-4-3-5-12(9-11)20-2/h3-9,17H,1-2H3,(H,16,18). The summed E-state index contributed by atoms with van der Waals surface area (Å²) in [4.78, 5) is 13.2. The van der Waals surface area contributed by atoms with Crippen molar-refractivity contribution < 1.29 is 14.6 Å². The third kappa shape index (κ3) is 3.24. The van der Waals surface area contributed by atoms with E-state index < -0.39 is 0 Å². The van der Waals surface area contributed by atoms with Gasteiger partial charge in [-0.15, -0.1) is 11.8 Å². The first kappa shape index (κ1) is 14.3. The lowest BCUT2D eigenvalue weighted by molar-refractivity contribution is 0.102. The first-order valence-corrected chi connectivity index (χ1v) is 7.19. The number of anilines is 1. The highest BCUT2D eigenvalue weighted by Crippen LogP contribution is 2.27. The molecule has 4 nitrogen and oxygen atoms in total. The molecule has 1 amide bonds. The third-order valence-corrected chi connectivity index (χ3v) is 3.49. The molecule has 0 aliphatic heterocycles. The lowest BCUT2D eigenvalue weighted by atomic mass is 10.2. The summed E-state index contributed by atoms with van der Waals surface area (Å²) in [6.45, 7) is 0. The second kappa shape index (κ2) is 6.34. The van der Waals surface area contributed by atoms with Gasteiger partial charge < -0.3 is 15.2 Å². The van der Waals surface area contributed by atoms with Crippen LogP contribution in [-0.4, -0.2) is 24.4 Å². The molecule has 0 fully saturated rings. The van der Waals surface area contributed by atoms with Crippen LogP contribution in [0.15, 0.2) is 47.4 Å². The van der Waals surface area contributed by atoms with Crippen molar-refractivity contribution in [3.8, 4) is 11.5 Å². The van der Waals surface area contributed by atoms with Gasteiger partial charge in [-0.2, -0.15) is 0 Å². The number of phenolic OH excluding ortho intramolecular Hbond substituents is 1. The van der Waals surface area contributed by atoms with Crippen LogP contribution in [0.25, 0.3) is 0 Å². The Kier molecular flexibility index (Phi) is 4.53. The number of nitrogens with one attached hydrogen (secondary N) is 1. The normalized spacial score (nSPS) is 10.1. The molecule has 0 unspecified atom stereocenters. The molecule has 0 heterocycles. The van der Waals surface area contributed by atoms with Crippen LogP contribution in [0.3, 0.4) is 0 Å². The molecule has 2 N–H and O–H groups in total. The maximum absolute atomic E-state index is 12.1. The van der Waals surface area contributed by atoms with Crippen LogP contribution in [0.1, 0.15) is 10.4 Å². The third-order valence-electron chi connectivity index (χ3n) is 2.77. The molecule has 0 aliphatic rings. The molecule has 2 rings (SSSR count). The van der Waals surface area contributed by atoms with Crippen LogP contribution in [0, 0.1) is 0 Å². The number of carbonyl (C=O) groups is 1. The van der Waals surface area contributed by atoms with Gasteiger partial charge in [0.1, 0.15) is 0 Å². The molecule has 0 aromatic heterocycles. The zero-order valence-electron chi connectivity index (χ0n) is 11.2. The average Bonchev–Trinajstić information content (AvgIpc) is 2.47. The zero-order chi connectivity index (χ0) is 14.5. The van der Waals surface area contributed by atoms with Crippen molar-refractivity contribution in [3.63, 3.8) is 0 Å². The van der Waals surface area contributed by atoms with Gasteiger partial charge in [0.2, 0.25) is 0 Å². The van der Waals surface area contributed by atoms with Crippen LogP contribution in [0.4, 0.5) is 5.69 Å². The molecule has 2 aromatic carbocycles. The van der Waals surface area contributed by atoms with Gasteiger partial charge in [-0.1, -0.05) is 6.07 Å². The molecule has 0 aliphatic carbocycles.